The first-order chi connectivity index (χ1) is 9.74. The number of benzene rings is 3. The molecule has 0 amide bonds. The fraction of sp³-hybridized carbons (Fsp3) is 0. The van der Waals surface area contributed by atoms with E-state index in [2.05, 4.69) is 34.1 Å². The van der Waals surface area contributed by atoms with Crippen LogP contribution in [-0.4, -0.2) is 0 Å². The van der Waals surface area contributed by atoms with Crippen molar-refractivity contribution in [2.75, 3.05) is 0 Å². The van der Waals surface area contributed by atoms with E-state index in [1.807, 2.05) is 30.3 Å². The van der Waals surface area contributed by atoms with Crippen molar-refractivity contribution in [2.45, 2.75) is 0 Å². The Balaban J connectivity index is 2.32. The second-order valence-corrected chi connectivity index (χ2v) is 5.63. The average Bonchev–Trinajstić information content (AvgIpc) is 2.48. The molecule has 0 aliphatic rings. The highest BCUT2D eigenvalue weighted by molar-refractivity contribution is 9.10. The Morgan fingerprint density at radius 1 is 0.900 bits per heavy atom. The van der Waals surface area contributed by atoms with Gasteiger partial charge in [0.15, 0.2) is 0 Å². The number of halogens is 1. The quantitative estimate of drug-likeness (QED) is 0.341. The van der Waals surface area contributed by atoms with Crippen molar-refractivity contribution in [3.63, 3.8) is 0 Å². The Kier molecular flexibility index (Phi) is 2.44. The van der Waals surface area contributed by atoms with E-state index in [0.717, 1.165) is 16.2 Å². The topological polar surface area (TPSA) is 30.2 Å². The molecule has 0 unspecified atom stereocenters. The summed E-state index contributed by atoms with van der Waals surface area (Å²) in [5.41, 5.74) is 0.577. The Morgan fingerprint density at radius 3 is 2.45 bits per heavy atom. The van der Waals surface area contributed by atoms with Crippen LogP contribution >= 0.6 is 15.9 Å². The molecule has 3 aromatic carbocycles. The predicted molar refractivity (Wildman–Crippen MR) is 85.2 cm³/mol. The molecule has 20 heavy (non-hydrogen) atoms. The van der Waals surface area contributed by atoms with Crippen molar-refractivity contribution < 1.29 is 4.42 Å². The van der Waals surface area contributed by atoms with E-state index in [1.165, 1.54) is 11.6 Å². The minimum Gasteiger partial charge on any atom is -0.463 e. The summed E-state index contributed by atoms with van der Waals surface area (Å²) in [6, 6.07) is 16.1. The molecule has 1 aromatic heterocycles. The lowest BCUT2D eigenvalue weighted by Gasteiger charge is -2.05. The van der Waals surface area contributed by atoms with Gasteiger partial charge in [-0.25, -0.2) is 0 Å². The molecule has 0 spiro atoms. The Morgan fingerprint density at radius 2 is 1.65 bits per heavy atom. The van der Waals surface area contributed by atoms with Crippen LogP contribution < -0.4 is 5.43 Å². The molecule has 0 fully saturated rings. The highest BCUT2D eigenvalue weighted by atomic mass is 79.9. The van der Waals surface area contributed by atoms with E-state index >= 15 is 0 Å². The van der Waals surface area contributed by atoms with Crippen molar-refractivity contribution in [1.82, 2.24) is 0 Å². The molecule has 0 saturated carbocycles. The van der Waals surface area contributed by atoms with Crippen LogP contribution in [0.1, 0.15) is 0 Å². The molecule has 0 atom stereocenters. The van der Waals surface area contributed by atoms with Crippen LogP contribution in [0.25, 0.3) is 32.5 Å². The lowest BCUT2D eigenvalue weighted by molar-refractivity contribution is 0.599. The third-order valence-electron chi connectivity index (χ3n) is 3.58. The van der Waals surface area contributed by atoms with Crippen molar-refractivity contribution in [2.24, 2.45) is 0 Å². The standard InChI is InChI=1S/C17H9BrO2/c18-14-9-20-15-6-5-12-7-10-3-1-2-4-11(10)8-13(12)16(15)17(14)19/h1-9H. The molecule has 96 valence electrons. The van der Waals surface area contributed by atoms with Crippen molar-refractivity contribution in [3.8, 4) is 0 Å². The SMILES string of the molecule is O=c1c(Br)coc2ccc3cc4ccccc4cc3c12. The van der Waals surface area contributed by atoms with Gasteiger partial charge in [-0.1, -0.05) is 30.3 Å². The molecule has 4 rings (SSSR count). The smallest absolute Gasteiger partial charge is 0.207 e. The van der Waals surface area contributed by atoms with Crippen LogP contribution in [0.2, 0.25) is 0 Å². The lowest BCUT2D eigenvalue weighted by atomic mass is 10.0. The first-order valence-electron chi connectivity index (χ1n) is 6.26. The first kappa shape index (κ1) is 11.7. The summed E-state index contributed by atoms with van der Waals surface area (Å²) in [7, 11) is 0. The zero-order chi connectivity index (χ0) is 13.7. The molecular weight excluding hydrogens is 316 g/mol. The normalized spacial score (nSPS) is 11.4. The second-order valence-electron chi connectivity index (χ2n) is 4.77. The zero-order valence-corrected chi connectivity index (χ0v) is 12.0. The molecule has 0 radical (unpaired) electrons. The van der Waals surface area contributed by atoms with Gasteiger partial charge in [0.05, 0.1) is 5.39 Å². The van der Waals surface area contributed by atoms with Gasteiger partial charge in [0.1, 0.15) is 16.3 Å². The zero-order valence-electron chi connectivity index (χ0n) is 10.4. The van der Waals surface area contributed by atoms with E-state index in [-0.39, 0.29) is 5.43 Å². The first-order valence-corrected chi connectivity index (χ1v) is 7.06. The van der Waals surface area contributed by atoms with Crippen molar-refractivity contribution >= 4 is 48.4 Å². The monoisotopic (exact) mass is 324 g/mol. The third-order valence-corrected chi connectivity index (χ3v) is 4.13. The van der Waals surface area contributed by atoms with Gasteiger partial charge in [0, 0.05) is 0 Å². The van der Waals surface area contributed by atoms with Crippen LogP contribution in [-0.2, 0) is 0 Å². The summed E-state index contributed by atoms with van der Waals surface area (Å²) in [5, 5.41) is 4.88. The van der Waals surface area contributed by atoms with Gasteiger partial charge in [-0.3, -0.25) is 4.79 Å². The van der Waals surface area contributed by atoms with E-state index < -0.39 is 0 Å². The summed E-state index contributed by atoms with van der Waals surface area (Å²) in [4.78, 5) is 12.4. The number of fused-ring (bicyclic) bond motifs is 4. The highest BCUT2D eigenvalue weighted by Crippen LogP contribution is 2.28. The van der Waals surface area contributed by atoms with Crippen molar-refractivity contribution in [3.05, 3.63) is 69.5 Å². The van der Waals surface area contributed by atoms with Crippen LogP contribution in [0.5, 0.6) is 0 Å². The van der Waals surface area contributed by atoms with Gasteiger partial charge < -0.3 is 4.42 Å². The van der Waals surface area contributed by atoms with Crippen LogP contribution in [0.3, 0.4) is 0 Å². The highest BCUT2D eigenvalue weighted by Gasteiger charge is 2.09. The maximum absolute atomic E-state index is 12.4. The van der Waals surface area contributed by atoms with E-state index in [0.29, 0.717) is 15.4 Å². The summed E-state index contributed by atoms with van der Waals surface area (Å²) in [6.07, 6.45) is 1.44. The van der Waals surface area contributed by atoms with E-state index in [1.54, 1.807) is 0 Å². The number of hydrogen-bond acceptors (Lipinski definition) is 2. The van der Waals surface area contributed by atoms with E-state index in [4.69, 9.17) is 4.42 Å². The molecule has 4 aromatic rings. The molecular formula is C17H9BrO2. The fourth-order valence-electron chi connectivity index (χ4n) is 2.61. The van der Waals surface area contributed by atoms with Crippen LogP contribution in [0.15, 0.2) is 68.5 Å². The molecule has 0 saturated heterocycles. The summed E-state index contributed by atoms with van der Waals surface area (Å²) >= 11 is 3.25. The van der Waals surface area contributed by atoms with E-state index in [9.17, 15) is 4.79 Å². The van der Waals surface area contributed by atoms with Crippen LogP contribution in [0.4, 0.5) is 0 Å². The molecule has 3 heteroatoms. The predicted octanol–water partition coefficient (Wildman–Crippen LogP) is 4.86. The molecule has 0 N–H and O–H groups in total. The number of hydrogen-bond donors (Lipinski definition) is 0. The minimum absolute atomic E-state index is 0.0351. The van der Waals surface area contributed by atoms with Gasteiger partial charge in [0.2, 0.25) is 5.43 Å². The van der Waals surface area contributed by atoms with Crippen molar-refractivity contribution in [1.29, 1.82) is 0 Å². The Labute approximate surface area is 122 Å². The molecule has 0 aliphatic heterocycles. The van der Waals surface area contributed by atoms with Gasteiger partial charge in [0.25, 0.3) is 0 Å². The van der Waals surface area contributed by atoms with Gasteiger partial charge in [-0.2, -0.15) is 0 Å². The number of rotatable bonds is 0. The molecule has 0 aliphatic carbocycles. The maximum Gasteiger partial charge on any atom is 0.207 e. The molecule has 0 bridgehead atoms. The fourth-order valence-corrected chi connectivity index (χ4v) is 2.91. The van der Waals surface area contributed by atoms with Gasteiger partial charge >= 0.3 is 0 Å². The molecule has 2 nitrogen and oxygen atoms in total. The maximum atomic E-state index is 12.4. The summed E-state index contributed by atoms with van der Waals surface area (Å²) in [5.74, 6) is 0. The largest absolute Gasteiger partial charge is 0.463 e. The minimum atomic E-state index is -0.0351. The Hall–Kier alpha value is -2.13. The lowest BCUT2D eigenvalue weighted by Crippen LogP contribution is -2.02. The summed E-state index contributed by atoms with van der Waals surface area (Å²) in [6.45, 7) is 0. The molecule has 1 heterocycles. The summed E-state index contributed by atoms with van der Waals surface area (Å²) < 4.78 is 5.95. The van der Waals surface area contributed by atoms with Crippen LogP contribution in [0, 0.1) is 0 Å². The third kappa shape index (κ3) is 1.60. The Bertz CT molecular complexity index is 1030. The van der Waals surface area contributed by atoms with Gasteiger partial charge in [-0.05, 0) is 55.7 Å². The van der Waals surface area contributed by atoms with Gasteiger partial charge in [-0.15, -0.1) is 0 Å². The second kappa shape index (κ2) is 4.18. The average molecular weight is 325 g/mol.